The molecule has 4 rings (SSSR count). The lowest BCUT2D eigenvalue weighted by Crippen LogP contribution is -2.43. The highest BCUT2D eigenvalue weighted by Crippen LogP contribution is 2.21. The summed E-state index contributed by atoms with van der Waals surface area (Å²) >= 11 is 0. The van der Waals surface area contributed by atoms with E-state index < -0.39 is 6.04 Å². The summed E-state index contributed by atoms with van der Waals surface area (Å²) in [5, 5.41) is 11.3. The Morgan fingerprint density at radius 3 is 2.75 bits per heavy atom. The van der Waals surface area contributed by atoms with E-state index in [4.69, 9.17) is 0 Å². The zero-order chi connectivity index (χ0) is 19.3. The third-order valence-corrected chi connectivity index (χ3v) is 4.87. The van der Waals surface area contributed by atoms with E-state index in [-0.39, 0.29) is 11.8 Å². The van der Waals surface area contributed by atoms with Crippen molar-refractivity contribution in [2.45, 2.75) is 31.8 Å². The van der Waals surface area contributed by atoms with E-state index in [9.17, 15) is 9.59 Å². The minimum atomic E-state index is -0.432. The molecular formula is C20H22N6O2. The maximum Gasteiger partial charge on any atom is 0.247 e. The topological polar surface area (TPSA) is 85.0 Å². The van der Waals surface area contributed by atoms with Gasteiger partial charge in [0.1, 0.15) is 6.04 Å². The number of likely N-dealkylation sites (tertiary alicyclic amines) is 1. The second kappa shape index (κ2) is 8.08. The molecule has 0 saturated carbocycles. The first kappa shape index (κ1) is 18.0. The fraction of sp³-hybridized carbons (Fsp3) is 0.300. The highest BCUT2D eigenvalue weighted by molar-refractivity contribution is 5.97. The van der Waals surface area contributed by atoms with E-state index in [1.165, 1.54) is 0 Å². The Morgan fingerprint density at radius 1 is 1.11 bits per heavy atom. The van der Waals surface area contributed by atoms with E-state index in [2.05, 4.69) is 15.5 Å². The van der Waals surface area contributed by atoms with Crippen molar-refractivity contribution in [3.05, 3.63) is 61.2 Å². The predicted octanol–water partition coefficient (Wildman–Crippen LogP) is 2.09. The predicted molar refractivity (Wildman–Crippen MR) is 104 cm³/mol. The number of rotatable bonds is 6. The van der Waals surface area contributed by atoms with Crippen LogP contribution in [0.25, 0.3) is 5.69 Å². The Balaban J connectivity index is 1.39. The van der Waals surface area contributed by atoms with Crippen LogP contribution >= 0.6 is 0 Å². The molecule has 2 aromatic heterocycles. The maximum atomic E-state index is 12.8. The van der Waals surface area contributed by atoms with Crippen molar-refractivity contribution in [3.8, 4) is 5.69 Å². The minimum absolute atomic E-state index is 0.0153. The van der Waals surface area contributed by atoms with Gasteiger partial charge in [0.25, 0.3) is 0 Å². The Morgan fingerprint density at radius 2 is 1.96 bits per heavy atom. The van der Waals surface area contributed by atoms with Crippen molar-refractivity contribution >= 4 is 17.5 Å². The molecule has 1 fully saturated rings. The van der Waals surface area contributed by atoms with Crippen LogP contribution in [0.4, 0.5) is 5.69 Å². The summed E-state index contributed by atoms with van der Waals surface area (Å²) in [6, 6.07) is 10.7. The number of nitrogens with zero attached hydrogens (tertiary/aromatic N) is 5. The SMILES string of the molecule is O=C(Nc1cccc(-n2cccn2)c1)C1CCCN1C(=O)CCn1cccn1. The normalized spacial score (nSPS) is 16.3. The Hall–Kier alpha value is -3.42. The monoisotopic (exact) mass is 378 g/mol. The number of benzene rings is 1. The third kappa shape index (κ3) is 3.95. The van der Waals surface area contributed by atoms with Crippen LogP contribution in [0.5, 0.6) is 0 Å². The van der Waals surface area contributed by atoms with Crippen LogP contribution in [-0.2, 0) is 16.1 Å². The van der Waals surface area contributed by atoms with Crippen LogP contribution < -0.4 is 5.32 Å². The number of aromatic nitrogens is 4. The molecule has 1 aromatic carbocycles. The maximum absolute atomic E-state index is 12.8. The Bertz CT molecular complexity index is 936. The molecule has 1 aliphatic rings. The summed E-state index contributed by atoms with van der Waals surface area (Å²) in [6.45, 7) is 1.13. The molecule has 0 radical (unpaired) electrons. The number of hydrogen-bond donors (Lipinski definition) is 1. The van der Waals surface area contributed by atoms with Crippen LogP contribution in [0, 0.1) is 0 Å². The molecule has 3 heterocycles. The van der Waals surface area contributed by atoms with Crippen molar-refractivity contribution in [3.63, 3.8) is 0 Å². The van der Waals surface area contributed by atoms with E-state index in [0.717, 1.165) is 12.1 Å². The van der Waals surface area contributed by atoms with Crippen molar-refractivity contribution in [2.75, 3.05) is 11.9 Å². The smallest absolute Gasteiger partial charge is 0.247 e. The van der Waals surface area contributed by atoms with Gasteiger partial charge in [0.05, 0.1) is 5.69 Å². The highest BCUT2D eigenvalue weighted by Gasteiger charge is 2.33. The first-order valence-electron chi connectivity index (χ1n) is 9.38. The van der Waals surface area contributed by atoms with Crippen molar-refractivity contribution in [2.24, 2.45) is 0 Å². The van der Waals surface area contributed by atoms with Gasteiger partial charge >= 0.3 is 0 Å². The van der Waals surface area contributed by atoms with Gasteiger partial charge in [-0.1, -0.05) is 6.07 Å². The molecule has 0 spiro atoms. The molecule has 1 N–H and O–H groups in total. The Labute approximate surface area is 162 Å². The van der Waals surface area contributed by atoms with Crippen molar-refractivity contribution in [1.82, 2.24) is 24.5 Å². The van der Waals surface area contributed by atoms with Crippen LogP contribution in [0.1, 0.15) is 19.3 Å². The minimum Gasteiger partial charge on any atom is -0.331 e. The number of aryl methyl sites for hydroxylation is 1. The molecule has 1 aliphatic heterocycles. The summed E-state index contributed by atoms with van der Waals surface area (Å²) < 4.78 is 3.46. The van der Waals surface area contributed by atoms with Crippen LogP contribution in [0.2, 0.25) is 0 Å². The number of anilines is 1. The van der Waals surface area contributed by atoms with Gasteiger partial charge in [0.2, 0.25) is 11.8 Å². The van der Waals surface area contributed by atoms with Crippen LogP contribution in [0.15, 0.2) is 61.2 Å². The molecule has 0 aliphatic carbocycles. The first-order chi connectivity index (χ1) is 13.7. The molecular weight excluding hydrogens is 356 g/mol. The number of carbonyl (C=O) groups excluding carboxylic acids is 2. The van der Waals surface area contributed by atoms with Gasteiger partial charge in [-0.3, -0.25) is 14.3 Å². The molecule has 144 valence electrons. The standard InChI is InChI=1S/C20H22N6O2/c27-19(8-14-24-11-3-9-21-24)25-12-2-7-18(25)20(28)23-16-5-1-6-17(15-16)26-13-4-10-22-26/h1,3-6,9-11,13,15,18H,2,7-8,12,14H2,(H,23,28). The van der Waals surface area contributed by atoms with Gasteiger partial charge in [0.15, 0.2) is 0 Å². The molecule has 1 atom stereocenters. The molecule has 2 amide bonds. The molecule has 0 bridgehead atoms. The molecule has 8 nitrogen and oxygen atoms in total. The van der Waals surface area contributed by atoms with E-state index in [1.807, 2.05) is 48.8 Å². The fourth-order valence-electron chi connectivity index (χ4n) is 3.50. The summed E-state index contributed by atoms with van der Waals surface area (Å²) in [5.74, 6) is -0.166. The van der Waals surface area contributed by atoms with Gasteiger partial charge in [-0.05, 0) is 43.2 Å². The average molecular weight is 378 g/mol. The fourth-order valence-corrected chi connectivity index (χ4v) is 3.50. The largest absolute Gasteiger partial charge is 0.331 e. The number of carbonyl (C=O) groups is 2. The number of amides is 2. The van der Waals surface area contributed by atoms with E-state index >= 15 is 0 Å². The van der Waals surface area contributed by atoms with Gasteiger partial charge < -0.3 is 10.2 Å². The molecule has 8 heteroatoms. The molecule has 28 heavy (non-hydrogen) atoms. The van der Waals surface area contributed by atoms with Crippen molar-refractivity contribution < 1.29 is 9.59 Å². The molecule has 1 unspecified atom stereocenters. The summed E-state index contributed by atoms with van der Waals surface area (Å²) in [7, 11) is 0. The zero-order valence-corrected chi connectivity index (χ0v) is 15.4. The summed E-state index contributed by atoms with van der Waals surface area (Å²) in [5.41, 5.74) is 1.55. The van der Waals surface area contributed by atoms with Gasteiger partial charge in [-0.2, -0.15) is 10.2 Å². The second-order valence-electron chi connectivity index (χ2n) is 6.75. The quantitative estimate of drug-likeness (QED) is 0.712. The molecule has 3 aromatic rings. The van der Waals surface area contributed by atoms with Gasteiger partial charge in [-0.25, -0.2) is 4.68 Å². The first-order valence-corrected chi connectivity index (χ1v) is 9.38. The second-order valence-corrected chi connectivity index (χ2v) is 6.75. The molecule has 1 saturated heterocycles. The zero-order valence-electron chi connectivity index (χ0n) is 15.4. The van der Waals surface area contributed by atoms with Crippen molar-refractivity contribution in [1.29, 1.82) is 0 Å². The third-order valence-electron chi connectivity index (χ3n) is 4.87. The lowest BCUT2D eigenvalue weighted by atomic mass is 10.2. The number of nitrogens with one attached hydrogen (secondary N) is 1. The van der Waals surface area contributed by atoms with E-state index in [0.29, 0.717) is 31.6 Å². The van der Waals surface area contributed by atoms with Gasteiger partial charge in [-0.15, -0.1) is 0 Å². The Kier molecular flexibility index (Phi) is 5.18. The van der Waals surface area contributed by atoms with Crippen LogP contribution in [-0.4, -0.2) is 48.9 Å². The van der Waals surface area contributed by atoms with Crippen LogP contribution in [0.3, 0.4) is 0 Å². The lowest BCUT2D eigenvalue weighted by Gasteiger charge is -2.24. The van der Waals surface area contributed by atoms with Gasteiger partial charge in [0, 0.05) is 50.0 Å². The summed E-state index contributed by atoms with van der Waals surface area (Å²) in [6.07, 6.45) is 8.91. The van der Waals surface area contributed by atoms with E-state index in [1.54, 1.807) is 26.7 Å². The summed E-state index contributed by atoms with van der Waals surface area (Å²) in [4.78, 5) is 27.1. The number of hydrogen-bond acceptors (Lipinski definition) is 4. The highest BCUT2D eigenvalue weighted by atomic mass is 16.2. The average Bonchev–Trinajstić information content (AvgIpc) is 3.49. The lowest BCUT2D eigenvalue weighted by molar-refractivity contribution is -0.136.